The molecule has 0 bridgehead atoms. The first-order chi connectivity index (χ1) is 16.1. The number of nitrogens with one attached hydrogen (secondary N) is 2. The number of amides is 1. The summed E-state index contributed by atoms with van der Waals surface area (Å²) in [6.45, 7) is 2.13. The van der Waals surface area contributed by atoms with Crippen LogP contribution < -0.4 is 10.2 Å². The number of aromatic amines is 1. The number of hydrogen-bond donors (Lipinski definition) is 2. The largest absolute Gasteiger partial charge is 0.353 e. The average Bonchev–Trinajstić information content (AvgIpc) is 3.54. The number of nitrogens with zero attached hydrogens (tertiary/aromatic N) is 5. The first-order valence-electron chi connectivity index (χ1n) is 10.6. The zero-order valence-electron chi connectivity index (χ0n) is 18.3. The number of aromatic nitrogens is 5. The molecule has 5 aromatic rings. The Kier molecular flexibility index (Phi) is 5.32. The molecule has 0 aliphatic carbocycles. The van der Waals surface area contributed by atoms with Crippen LogP contribution in [0.2, 0.25) is 0 Å². The summed E-state index contributed by atoms with van der Waals surface area (Å²) in [7, 11) is 2.01. The molecule has 0 spiro atoms. The number of hydrogen-bond acceptors (Lipinski definition) is 5. The van der Waals surface area contributed by atoms with Crippen molar-refractivity contribution in [3.05, 3.63) is 96.4 Å². The maximum absolute atomic E-state index is 12.8. The van der Waals surface area contributed by atoms with Crippen molar-refractivity contribution < 1.29 is 4.79 Å². The van der Waals surface area contributed by atoms with Crippen molar-refractivity contribution in [1.29, 1.82) is 0 Å². The van der Waals surface area contributed by atoms with Gasteiger partial charge in [-0.05, 0) is 24.6 Å². The number of carbonyl (C=O) groups is 1. The maximum atomic E-state index is 12.8. The molecule has 1 atom stereocenters. The summed E-state index contributed by atoms with van der Waals surface area (Å²) in [6, 6.07) is 23.3. The molecule has 1 amide bonds. The summed E-state index contributed by atoms with van der Waals surface area (Å²) < 4.78 is 1.68. The molecule has 2 N–H and O–H groups in total. The highest BCUT2D eigenvalue weighted by atomic mass is 16.1. The molecule has 33 heavy (non-hydrogen) atoms. The summed E-state index contributed by atoms with van der Waals surface area (Å²) in [4.78, 5) is 19.8. The van der Waals surface area contributed by atoms with Crippen molar-refractivity contribution in [2.45, 2.75) is 13.0 Å². The molecule has 2 aromatic carbocycles. The van der Waals surface area contributed by atoms with Crippen LogP contribution in [0.3, 0.4) is 0 Å². The average molecular weight is 438 g/mol. The lowest BCUT2D eigenvalue weighted by Gasteiger charge is -2.27. The molecular weight excluding hydrogens is 414 g/mol. The molecule has 164 valence electrons. The van der Waals surface area contributed by atoms with Gasteiger partial charge in [-0.2, -0.15) is 10.2 Å². The van der Waals surface area contributed by atoms with Gasteiger partial charge in [0.25, 0.3) is 5.91 Å². The predicted molar refractivity (Wildman–Crippen MR) is 128 cm³/mol. The lowest BCUT2D eigenvalue weighted by atomic mass is 10.1. The van der Waals surface area contributed by atoms with Crippen LogP contribution in [-0.2, 0) is 0 Å². The van der Waals surface area contributed by atoms with E-state index in [1.165, 1.54) is 5.56 Å². The highest BCUT2D eigenvalue weighted by Crippen LogP contribution is 2.29. The van der Waals surface area contributed by atoms with E-state index in [1.807, 2.05) is 61.6 Å². The summed E-state index contributed by atoms with van der Waals surface area (Å²) in [5, 5.41) is 14.4. The van der Waals surface area contributed by atoms with Gasteiger partial charge in [0.1, 0.15) is 5.82 Å². The minimum absolute atomic E-state index is 0.0992. The summed E-state index contributed by atoms with van der Waals surface area (Å²) in [5.74, 6) is 0.474. The Bertz CT molecular complexity index is 1380. The van der Waals surface area contributed by atoms with Gasteiger partial charge in [0, 0.05) is 36.6 Å². The van der Waals surface area contributed by atoms with Crippen LogP contribution >= 0.6 is 0 Å². The smallest absolute Gasteiger partial charge is 0.276 e. The van der Waals surface area contributed by atoms with E-state index >= 15 is 0 Å². The molecule has 8 heteroatoms. The molecule has 8 nitrogen and oxygen atoms in total. The fourth-order valence-corrected chi connectivity index (χ4v) is 3.72. The first-order valence-corrected chi connectivity index (χ1v) is 10.6. The standard InChI is InChI=1S/C25H23N7O/c1-17(18-9-5-3-6-10-18)31(2)23-14-22(19-15-26-27-16-19)32-24(29-23)13-21(30-32)25(33)28-20-11-7-4-8-12-20/h3-17H,1-2H3,(H,26,27)(H,28,33)/t17-/m0/s1. The molecule has 3 heterocycles. The normalized spacial score (nSPS) is 11.9. The number of H-pyrrole nitrogens is 1. The van der Waals surface area contributed by atoms with Crippen LogP contribution in [0.15, 0.2) is 85.2 Å². The van der Waals surface area contributed by atoms with Crippen molar-refractivity contribution in [2.75, 3.05) is 17.3 Å². The van der Waals surface area contributed by atoms with E-state index in [1.54, 1.807) is 23.0 Å². The van der Waals surface area contributed by atoms with Crippen LogP contribution in [0.4, 0.5) is 11.5 Å². The summed E-state index contributed by atoms with van der Waals surface area (Å²) in [6.07, 6.45) is 3.52. The molecule has 0 radical (unpaired) electrons. The van der Waals surface area contributed by atoms with Crippen molar-refractivity contribution >= 4 is 23.1 Å². The Hall–Kier alpha value is -4.46. The second-order valence-corrected chi connectivity index (χ2v) is 7.80. The van der Waals surface area contributed by atoms with Crippen LogP contribution in [0.1, 0.15) is 29.0 Å². The minimum Gasteiger partial charge on any atom is -0.353 e. The Morgan fingerprint density at radius 1 is 1.06 bits per heavy atom. The molecule has 0 aliphatic rings. The molecule has 3 aromatic heterocycles. The van der Waals surface area contributed by atoms with Crippen molar-refractivity contribution in [2.24, 2.45) is 0 Å². The van der Waals surface area contributed by atoms with Crippen molar-refractivity contribution in [1.82, 2.24) is 24.8 Å². The quantitative estimate of drug-likeness (QED) is 0.406. The lowest BCUT2D eigenvalue weighted by Crippen LogP contribution is -2.23. The summed E-state index contributed by atoms with van der Waals surface area (Å²) >= 11 is 0. The second-order valence-electron chi connectivity index (χ2n) is 7.80. The SMILES string of the molecule is C[C@@H](c1ccccc1)N(C)c1cc(-c2cn[nH]c2)n2nc(C(=O)Nc3ccccc3)cc2n1. The fourth-order valence-electron chi connectivity index (χ4n) is 3.72. The topological polar surface area (TPSA) is 91.2 Å². The minimum atomic E-state index is -0.294. The van der Waals surface area contributed by atoms with Gasteiger partial charge in [0.15, 0.2) is 11.3 Å². The van der Waals surface area contributed by atoms with Crippen molar-refractivity contribution in [3.63, 3.8) is 0 Å². The first kappa shape index (κ1) is 20.4. The van der Waals surface area contributed by atoms with Gasteiger partial charge in [-0.25, -0.2) is 9.50 Å². The van der Waals surface area contributed by atoms with Crippen LogP contribution in [0.25, 0.3) is 16.9 Å². The van der Waals surface area contributed by atoms with E-state index in [-0.39, 0.29) is 17.6 Å². The fraction of sp³-hybridized carbons (Fsp3) is 0.120. The van der Waals surface area contributed by atoms with Gasteiger partial charge in [0.05, 0.1) is 17.9 Å². The Labute approximate surface area is 190 Å². The van der Waals surface area contributed by atoms with Gasteiger partial charge >= 0.3 is 0 Å². The third-order valence-corrected chi connectivity index (χ3v) is 5.70. The molecule has 0 fully saturated rings. The van der Waals surface area contributed by atoms with Gasteiger partial charge in [-0.3, -0.25) is 9.89 Å². The number of benzene rings is 2. The number of anilines is 2. The van der Waals surface area contributed by atoms with E-state index in [0.29, 0.717) is 11.3 Å². The van der Waals surface area contributed by atoms with E-state index in [4.69, 9.17) is 4.98 Å². The van der Waals surface area contributed by atoms with E-state index < -0.39 is 0 Å². The van der Waals surface area contributed by atoms with Gasteiger partial charge < -0.3 is 10.2 Å². The molecule has 0 saturated heterocycles. The second kappa shape index (κ2) is 8.58. The Balaban J connectivity index is 1.55. The number of carbonyl (C=O) groups excluding carboxylic acids is 1. The monoisotopic (exact) mass is 437 g/mol. The number of fused-ring (bicyclic) bond motifs is 1. The zero-order valence-corrected chi connectivity index (χ0v) is 18.3. The molecule has 0 saturated carbocycles. The number of rotatable bonds is 6. The molecule has 0 unspecified atom stereocenters. The highest BCUT2D eigenvalue weighted by molar-refractivity contribution is 6.03. The van der Waals surface area contributed by atoms with Crippen LogP contribution in [-0.4, -0.2) is 37.8 Å². The summed E-state index contributed by atoms with van der Waals surface area (Å²) in [5.41, 5.74) is 4.39. The zero-order chi connectivity index (χ0) is 22.8. The molecular formula is C25H23N7O. The van der Waals surface area contributed by atoms with E-state index in [2.05, 4.69) is 44.6 Å². The third kappa shape index (κ3) is 4.06. The Morgan fingerprint density at radius 2 is 1.79 bits per heavy atom. The van der Waals surface area contributed by atoms with Crippen molar-refractivity contribution in [3.8, 4) is 11.3 Å². The molecule has 0 aliphatic heterocycles. The van der Waals surface area contributed by atoms with E-state index in [0.717, 1.165) is 17.1 Å². The van der Waals surface area contributed by atoms with Gasteiger partial charge in [-0.15, -0.1) is 0 Å². The van der Waals surface area contributed by atoms with E-state index in [9.17, 15) is 4.79 Å². The lowest BCUT2D eigenvalue weighted by molar-refractivity contribution is 0.102. The molecule has 5 rings (SSSR count). The predicted octanol–water partition coefficient (Wildman–Crippen LogP) is 4.57. The number of para-hydroxylation sites is 1. The van der Waals surface area contributed by atoms with Crippen LogP contribution in [0.5, 0.6) is 0 Å². The third-order valence-electron chi connectivity index (χ3n) is 5.70. The van der Waals surface area contributed by atoms with Gasteiger partial charge in [-0.1, -0.05) is 48.5 Å². The Morgan fingerprint density at radius 3 is 2.48 bits per heavy atom. The van der Waals surface area contributed by atoms with Crippen LogP contribution in [0, 0.1) is 0 Å². The maximum Gasteiger partial charge on any atom is 0.276 e. The highest BCUT2D eigenvalue weighted by Gasteiger charge is 2.20. The van der Waals surface area contributed by atoms with Gasteiger partial charge in [0.2, 0.25) is 0 Å².